The normalized spacial score (nSPS) is 26.7. The molecule has 0 aromatic carbocycles. The summed E-state index contributed by atoms with van der Waals surface area (Å²) in [4.78, 5) is 11.9. The number of hydrogen-bond acceptors (Lipinski definition) is 2. The summed E-state index contributed by atoms with van der Waals surface area (Å²) in [5.74, 6) is 1.16. The van der Waals surface area contributed by atoms with E-state index in [0.29, 0.717) is 0 Å². The zero-order valence-corrected chi connectivity index (χ0v) is 12.2. The lowest BCUT2D eigenvalue weighted by Crippen LogP contribution is -2.44. The number of guanidine groups is 1. The van der Waals surface area contributed by atoms with Crippen molar-refractivity contribution in [2.45, 2.75) is 38.6 Å². The lowest BCUT2D eigenvalue weighted by Gasteiger charge is -2.33. The second-order valence-electron chi connectivity index (χ2n) is 5.65. The average molecular weight is 252 g/mol. The van der Waals surface area contributed by atoms with Crippen molar-refractivity contribution < 1.29 is 0 Å². The summed E-state index contributed by atoms with van der Waals surface area (Å²) in [6.07, 6.45) is 5.50. The number of hydrogen-bond donors (Lipinski definition) is 0. The van der Waals surface area contributed by atoms with E-state index in [9.17, 15) is 0 Å². The number of rotatable bonds is 2. The highest BCUT2D eigenvalue weighted by Gasteiger charge is 2.30. The SMILES string of the molecule is CCN=C(N(C)C)N1CCC(N2CCCCC2)C1. The van der Waals surface area contributed by atoms with Gasteiger partial charge < -0.3 is 9.80 Å². The van der Waals surface area contributed by atoms with Crippen molar-refractivity contribution in [3.8, 4) is 0 Å². The van der Waals surface area contributed by atoms with Gasteiger partial charge in [-0.05, 0) is 39.3 Å². The molecule has 2 aliphatic heterocycles. The second kappa shape index (κ2) is 6.41. The van der Waals surface area contributed by atoms with Crippen molar-refractivity contribution in [3.63, 3.8) is 0 Å². The van der Waals surface area contributed by atoms with Crippen LogP contribution in [0.1, 0.15) is 32.6 Å². The molecule has 2 aliphatic rings. The number of piperidine rings is 1. The van der Waals surface area contributed by atoms with Crippen LogP contribution in [0.4, 0.5) is 0 Å². The Hall–Kier alpha value is -0.770. The minimum Gasteiger partial charge on any atom is -0.349 e. The molecule has 104 valence electrons. The van der Waals surface area contributed by atoms with E-state index in [1.54, 1.807) is 0 Å². The minimum atomic E-state index is 0.757. The van der Waals surface area contributed by atoms with E-state index < -0.39 is 0 Å². The maximum Gasteiger partial charge on any atom is 0.196 e. The standard InChI is InChI=1S/C14H28N4/c1-4-15-14(16(2)3)18-11-8-13(12-18)17-9-6-5-7-10-17/h13H,4-12H2,1-3H3. The Morgan fingerprint density at radius 3 is 2.50 bits per heavy atom. The summed E-state index contributed by atoms with van der Waals surface area (Å²) in [6.45, 7) is 7.93. The van der Waals surface area contributed by atoms with Gasteiger partial charge in [-0.3, -0.25) is 9.89 Å². The Labute approximate surface area is 112 Å². The Morgan fingerprint density at radius 2 is 1.89 bits per heavy atom. The van der Waals surface area contributed by atoms with Gasteiger partial charge in [0.25, 0.3) is 0 Å². The third kappa shape index (κ3) is 3.16. The molecule has 0 amide bonds. The maximum absolute atomic E-state index is 4.64. The van der Waals surface area contributed by atoms with Crippen LogP contribution in [0.2, 0.25) is 0 Å². The molecule has 2 rings (SSSR count). The monoisotopic (exact) mass is 252 g/mol. The summed E-state index contributed by atoms with van der Waals surface area (Å²) in [5, 5.41) is 0. The lowest BCUT2D eigenvalue weighted by atomic mass is 10.1. The fourth-order valence-electron chi connectivity index (χ4n) is 3.17. The van der Waals surface area contributed by atoms with Crippen molar-refractivity contribution in [1.29, 1.82) is 0 Å². The molecule has 1 atom stereocenters. The highest BCUT2D eigenvalue weighted by atomic mass is 15.4. The first-order valence-corrected chi connectivity index (χ1v) is 7.43. The molecule has 1 unspecified atom stereocenters. The smallest absolute Gasteiger partial charge is 0.196 e. The molecule has 0 aliphatic carbocycles. The predicted octanol–water partition coefficient (Wildman–Crippen LogP) is 1.48. The molecule has 2 heterocycles. The first-order chi connectivity index (χ1) is 8.72. The fraction of sp³-hybridized carbons (Fsp3) is 0.929. The molecule has 4 nitrogen and oxygen atoms in total. The third-order valence-electron chi connectivity index (χ3n) is 4.05. The van der Waals surface area contributed by atoms with E-state index in [1.807, 2.05) is 0 Å². The van der Waals surface area contributed by atoms with E-state index >= 15 is 0 Å². The first-order valence-electron chi connectivity index (χ1n) is 7.43. The van der Waals surface area contributed by atoms with Crippen LogP contribution in [0.5, 0.6) is 0 Å². The zero-order valence-electron chi connectivity index (χ0n) is 12.2. The number of likely N-dealkylation sites (tertiary alicyclic amines) is 2. The Bertz CT molecular complexity index is 282. The quantitative estimate of drug-likeness (QED) is 0.549. The van der Waals surface area contributed by atoms with Crippen LogP contribution in [0.3, 0.4) is 0 Å². The average Bonchev–Trinajstić information content (AvgIpc) is 2.86. The van der Waals surface area contributed by atoms with Gasteiger partial charge in [0.05, 0.1) is 0 Å². The van der Waals surface area contributed by atoms with Gasteiger partial charge in [0, 0.05) is 39.8 Å². The summed E-state index contributed by atoms with van der Waals surface area (Å²) in [7, 11) is 4.20. The molecule has 2 saturated heterocycles. The molecule has 0 N–H and O–H groups in total. The lowest BCUT2D eigenvalue weighted by molar-refractivity contribution is 0.168. The predicted molar refractivity (Wildman–Crippen MR) is 77.1 cm³/mol. The second-order valence-corrected chi connectivity index (χ2v) is 5.65. The molecule has 0 radical (unpaired) electrons. The van der Waals surface area contributed by atoms with Gasteiger partial charge >= 0.3 is 0 Å². The summed E-state index contributed by atoms with van der Waals surface area (Å²) >= 11 is 0. The molecule has 0 aromatic heterocycles. The number of nitrogens with zero attached hydrogens (tertiary/aromatic N) is 4. The van der Waals surface area contributed by atoms with E-state index in [4.69, 9.17) is 0 Å². The van der Waals surface area contributed by atoms with Gasteiger partial charge in [0.1, 0.15) is 0 Å². The highest BCUT2D eigenvalue weighted by Crippen LogP contribution is 2.20. The van der Waals surface area contributed by atoms with Crippen LogP contribution >= 0.6 is 0 Å². The number of aliphatic imine (C=N–C) groups is 1. The van der Waals surface area contributed by atoms with Gasteiger partial charge in [0.15, 0.2) is 5.96 Å². The van der Waals surface area contributed by atoms with Gasteiger partial charge in [0.2, 0.25) is 0 Å². The van der Waals surface area contributed by atoms with E-state index in [-0.39, 0.29) is 0 Å². The van der Waals surface area contributed by atoms with Gasteiger partial charge in [-0.15, -0.1) is 0 Å². The van der Waals surface area contributed by atoms with Crippen molar-refractivity contribution in [1.82, 2.24) is 14.7 Å². The van der Waals surface area contributed by atoms with Gasteiger partial charge in [-0.1, -0.05) is 6.42 Å². The van der Waals surface area contributed by atoms with Gasteiger partial charge in [-0.2, -0.15) is 0 Å². The summed E-state index contributed by atoms with van der Waals surface area (Å²) in [6, 6.07) is 0.757. The van der Waals surface area contributed by atoms with Crippen molar-refractivity contribution >= 4 is 5.96 Å². The summed E-state index contributed by atoms with van der Waals surface area (Å²) in [5.41, 5.74) is 0. The van der Waals surface area contributed by atoms with E-state index in [1.165, 1.54) is 38.8 Å². The van der Waals surface area contributed by atoms with E-state index in [0.717, 1.165) is 31.6 Å². The van der Waals surface area contributed by atoms with Gasteiger partial charge in [-0.25, -0.2) is 0 Å². The van der Waals surface area contributed by atoms with Crippen molar-refractivity contribution in [2.24, 2.45) is 4.99 Å². The Kier molecular flexibility index (Phi) is 4.87. The fourth-order valence-corrected chi connectivity index (χ4v) is 3.17. The molecular formula is C14H28N4. The van der Waals surface area contributed by atoms with Crippen molar-refractivity contribution in [3.05, 3.63) is 0 Å². The van der Waals surface area contributed by atoms with Crippen LogP contribution < -0.4 is 0 Å². The van der Waals surface area contributed by atoms with Crippen LogP contribution in [0.15, 0.2) is 4.99 Å². The molecule has 4 heteroatoms. The molecule has 18 heavy (non-hydrogen) atoms. The maximum atomic E-state index is 4.64. The molecular weight excluding hydrogens is 224 g/mol. The third-order valence-corrected chi connectivity index (χ3v) is 4.05. The topological polar surface area (TPSA) is 22.1 Å². The molecule has 2 fully saturated rings. The minimum absolute atomic E-state index is 0.757. The van der Waals surface area contributed by atoms with Crippen LogP contribution in [0.25, 0.3) is 0 Å². The Balaban J connectivity index is 1.92. The van der Waals surface area contributed by atoms with Crippen LogP contribution in [-0.2, 0) is 0 Å². The highest BCUT2D eigenvalue weighted by molar-refractivity contribution is 5.80. The first kappa shape index (κ1) is 13.7. The molecule has 0 bridgehead atoms. The largest absolute Gasteiger partial charge is 0.349 e. The molecule has 0 spiro atoms. The molecule has 0 aromatic rings. The zero-order chi connectivity index (χ0) is 13.0. The molecule has 0 saturated carbocycles. The van der Waals surface area contributed by atoms with Crippen molar-refractivity contribution in [2.75, 3.05) is 46.8 Å². The van der Waals surface area contributed by atoms with Crippen LogP contribution in [-0.4, -0.2) is 73.5 Å². The summed E-state index contributed by atoms with van der Waals surface area (Å²) < 4.78 is 0. The Morgan fingerprint density at radius 1 is 1.17 bits per heavy atom. The van der Waals surface area contributed by atoms with E-state index in [2.05, 4.69) is 40.7 Å². The van der Waals surface area contributed by atoms with Crippen LogP contribution in [0, 0.1) is 0 Å².